The van der Waals surface area contributed by atoms with Crippen molar-refractivity contribution in [3.05, 3.63) is 29.8 Å². The molecule has 4 nitrogen and oxygen atoms in total. The van der Waals surface area contributed by atoms with Crippen molar-refractivity contribution in [1.82, 2.24) is 0 Å². The second kappa shape index (κ2) is 6.37. The van der Waals surface area contributed by atoms with Crippen molar-refractivity contribution in [3.63, 3.8) is 0 Å². The van der Waals surface area contributed by atoms with Crippen molar-refractivity contribution in [2.24, 2.45) is 11.1 Å². The highest BCUT2D eigenvalue weighted by atomic mass is 16.5. The lowest BCUT2D eigenvalue weighted by atomic mass is 9.78. The van der Waals surface area contributed by atoms with Crippen LogP contribution in [0.15, 0.2) is 24.3 Å². The maximum atomic E-state index is 10.6. The monoisotopic (exact) mass is 265 g/mol. The van der Waals surface area contributed by atoms with Gasteiger partial charge in [-0.1, -0.05) is 19.1 Å². The molecule has 1 aromatic carbocycles. The van der Waals surface area contributed by atoms with Crippen LogP contribution in [0.5, 0.6) is 5.75 Å². The minimum atomic E-state index is -0.606. The lowest BCUT2D eigenvalue weighted by Gasteiger charge is -2.31. The van der Waals surface area contributed by atoms with E-state index in [1.807, 2.05) is 24.3 Å². The first-order valence-corrected chi connectivity index (χ1v) is 6.90. The fourth-order valence-corrected chi connectivity index (χ4v) is 2.46. The summed E-state index contributed by atoms with van der Waals surface area (Å²) in [7, 11) is 0. The smallest absolute Gasteiger partial charge is 0.119 e. The SMILES string of the molecule is CCCOc1cccc(C(O)C2(CN)CCOC2)c1. The molecule has 0 aliphatic carbocycles. The molecule has 0 amide bonds. The number of rotatable bonds is 6. The van der Waals surface area contributed by atoms with Gasteiger partial charge < -0.3 is 20.3 Å². The molecule has 2 unspecified atom stereocenters. The summed E-state index contributed by atoms with van der Waals surface area (Å²) in [6.07, 6.45) is 1.16. The predicted molar refractivity (Wildman–Crippen MR) is 74.1 cm³/mol. The Bertz CT molecular complexity index is 402. The Hall–Kier alpha value is -1.10. The maximum absolute atomic E-state index is 10.6. The summed E-state index contributed by atoms with van der Waals surface area (Å²) in [4.78, 5) is 0. The first-order chi connectivity index (χ1) is 9.22. The molecular weight excluding hydrogens is 242 g/mol. The third-order valence-electron chi connectivity index (χ3n) is 3.77. The zero-order valence-corrected chi connectivity index (χ0v) is 11.5. The molecule has 0 spiro atoms. The van der Waals surface area contributed by atoms with Crippen LogP contribution in [-0.4, -0.2) is 31.5 Å². The Morgan fingerprint density at radius 2 is 2.37 bits per heavy atom. The zero-order valence-electron chi connectivity index (χ0n) is 11.5. The minimum Gasteiger partial charge on any atom is -0.494 e. The molecule has 1 heterocycles. The van der Waals surface area contributed by atoms with Gasteiger partial charge in [-0.05, 0) is 30.5 Å². The third-order valence-corrected chi connectivity index (χ3v) is 3.77. The van der Waals surface area contributed by atoms with E-state index in [4.69, 9.17) is 15.2 Å². The van der Waals surface area contributed by atoms with Crippen LogP contribution in [0.1, 0.15) is 31.4 Å². The lowest BCUT2D eigenvalue weighted by Crippen LogP contribution is -2.37. The van der Waals surface area contributed by atoms with Crippen LogP contribution in [-0.2, 0) is 4.74 Å². The fraction of sp³-hybridized carbons (Fsp3) is 0.600. The highest BCUT2D eigenvalue weighted by Gasteiger charge is 2.41. The summed E-state index contributed by atoms with van der Waals surface area (Å²) < 4.78 is 11.0. The average Bonchev–Trinajstić information content (AvgIpc) is 2.94. The fourth-order valence-electron chi connectivity index (χ4n) is 2.46. The third kappa shape index (κ3) is 3.08. The maximum Gasteiger partial charge on any atom is 0.119 e. The summed E-state index contributed by atoms with van der Waals surface area (Å²) in [5.41, 5.74) is 6.35. The average molecular weight is 265 g/mol. The molecule has 106 valence electrons. The highest BCUT2D eigenvalue weighted by molar-refractivity contribution is 5.31. The van der Waals surface area contributed by atoms with Crippen molar-refractivity contribution in [2.75, 3.05) is 26.4 Å². The molecule has 0 saturated carbocycles. The number of hydrogen-bond donors (Lipinski definition) is 2. The van der Waals surface area contributed by atoms with Crippen molar-refractivity contribution in [3.8, 4) is 5.75 Å². The molecule has 1 aliphatic rings. The van der Waals surface area contributed by atoms with Gasteiger partial charge in [0.05, 0.1) is 19.3 Å². The summed E-state index contributed by atoms with van der Waals surface area (Å²) in [5.74, 6) is 0.796. The second-order valence-electron chi connectivity index (χ2n) is 5.19. The van der Waals surface area contributed by atoms with E-state index < -0.39 is 6.10 Å². The molecule has 0 bridgehead atoms. The number of hydrogen-bond acceptors (Lipinski definition) is 4. The van der Waals surface area contributed by atoms with Gasteiger partial charge in [-0.15, -0.1) is 0 Å². The number of aliphatic hydroxyl groups is 1. The van der Waals surface area contributed by atoms with E-state index in [0.717, 1.165) is 24.2 Å². The van der Waals surface area contributed by atoms with E-state index in [2.05, 4.69) is 6.92 Å². The molecule has 1 aliphatic heterocycles. The lowest BCUT2D eigenvalue weighted by molar-refractivity contribution is 0.0189. The quantitative estimate of drug-likeness (QED) is 0.824. The molecule has 2 rings (SSSR count). The number of aliphatic hydroxyl groups excluding tert-OH is 1. The van der Waals surface area contributed by atoms with Gasteiger partial charge in [-0.25, -0.2) is 0 Å². The summed E-state index contributed by atoms with van der Waals surface area (Å²) >= 11 is 0. The van der Waals surface area contributed by atoms with Gasteiger partial charge in [0.1, 0.15) is 5.75 Å². The van der Waals surface area contributed by atoms with Crippen LogP contribution in [0.3, 0.4) is 0 Å². The molecule has 19 heavy (non-hydrogen) atoms. The standard InChI is InChI=1S/C15H23NO3/c1-2-7-19-13-5-3-4-12(9-13)14(17)15(10-16)6-8-18-11-15/h3-5,9,14,17H,2,6-8,10-11,16H2,1H3. The number of ether oxygens (including phenoxy) is 2. The Balaban J connectivity index is 2.15. The van der Waals surface area contributed by atoms with E-state index in [1.165, 1.54) is 0 Å². The first kappa shape index (κ1) is 14.3. The normalized spacial score (nSPS) is 24.4. The van der Waals surface area contributed by atoms with Gasteiger partial charge in [0.25, 0.3) is 0 Å². The second-order valence-corrected chi connectivity index (χ2v) is 5.19. The van der Waals surface area contributed by atoms with E-state index >= 15 is 0 Å². The molecule has 0 radical (unpaired) electrons. The van der Waals surface area contributed by atoms with Gasteiger partial charge in [0.15, 0.2) is 0 Å². The number of benzene rings is 1. The van der Waals surface area contributed by atoms with Crippen molar-refractivity contribution in [1.29, 1.82) is 0 Å². The zero-order chi connectivity index (χ0) is 13.7. The summed E-state index contributed by atoms with van der Waals surface area (Å²) in [5, 5.41) is 10.6. The Morgan fingerprint density at radius 1 is 1.53 bits per heavy atom. The van der Waals surface area contributed by atoms with Crippen molar-refractivity contribution in [2.45, 2.75) is 25.9 Å². The molecule has 1 saturated heterocycles. The summed E-state index contributed by atoms with van der Waals surface area (Å²) in [6.45, 7) is 4.36. The van der Waals surface area contributed by atoms with Gasteiger partial charge in [-0.2, -0.15) is 0 Å². The van der Waals surface area contributed by atoms with Gasteiger partial charge in [0.2, 0.25) is 0 Å². The van der Waals surface area contributed by atoms with E-state index in [0.29, 0.717) is 26.4 Å². The van der Waals surface area contributed by atoms with Gasteiger partial charge >= 0.3 is 0 Å². The Morgan fingerprint density at radius 3 is 3.00 bits per heavy atom. The largest absolute Gasteiger partial charge is 0.494 e. The topological polar surface area (TPSA) is 64.7 Å². The van der Waals surface area contributed by atoms with Gasteiger partial charge in [-0.3, -0.25) is 0 Å². The Labute approximate surface area is 114 Å². The number of nitrogens with two attached hydrogens (primary N) is 1. The Kier molecular flexibility index (Phi) is 4.80. The summed E-state index contributed by atoms with van der Waals surface area (Å²) in [6, 6.07) is 7.63. The van der Waals surface area contributed by atoms with E-state index in [1.54, 1.807) is 0 Å². The highest BCUT2D eigenvalue weighted by Crippen LogP contribution is 2.40. The molecule has 1 aromatic rings. The van der Waals surface area contributed by atoms with Crippen LogP contribution >= 0.6 is 0 Å². The van der Waals surface area contributed by atoms with Crippen LogP contribution in [0, 0.1) is 5.41 Å². The molecular formula is C15H23NO3. The van der Waals surface area contributed by atoms with Crippen molar-refractivity contribution >= 4 is 0 Å². The molecule has 2 atom stereocenters. The molecule has 4 heteroatoms. The van der Waals surface area contributed by atoms with E-state index in [9.17, 15) is 5.11 Å². The van der Waals surface area contributed by atoms with Crippen LogP contribution < -0.4 is 10.5 Å². The van der Waals surface area contributed by atoms with Crippen LogP contribution in [0.25, 0.3) is 0 Å². The minimum absolute atomic E-state index is 0.358. The van der Waals surface area contributed by atoms with E-state index in [-0.39, 0.29) is 5.41 Å². The van der Waals surface area contributed by atoms with Crippen molar-refractivity contribution < 1.29 is 14.6 Å². The van der Waals surface area contributed by atoms with Crippen LogP contribution in [0.2, 0.25) is 0 Å². The predicted octanol–water partition coefficient (Wildman–Crippen LogP) is 1.87. The molecule has 1 fully saturated rings. The molecule has 0 aromatic heterocycles. The first-order valence-electron chi connectivity index (χ1n) is 6.90. The molecule has 3 N–H and O–H groups in total. The van der Waals surface area contributed by atoms with Crippen LogP contribution in [0.4, 0.5) is 0 Å². The van der Waals surface area contributed by atoms with Gasteiger partial charge in [0, 0.05) is 18.6 Å².